The van der Waals surface area contributed by atoms with E-state index in [2.05, 4.69) is 25.4 Å². The minimum absolute atomic E-state index is 0.0516. The van der Waals surface area contributed by atoms with Gasteiger partial charge in [-0.25, -0.2) is 4.39 Å². The van der Waals surface area contributed by atoms with E-state index in [1.807, 2.05) is 48.2 Å². The number of imide groups is 2. The molecule has 4 aliphatic heterocycles. The van der Waals surface area contributed by atoms with Gasteiger partial charge in [0.05, 0.1) is 21.7 Å². The molecule has 69 heavy (non-hydrogen) atoms. The molecule has 1 aliphatic carbocycles. The third-order valence-corrected chi connectivity index (χ3v) is 15.1. The molecule has 6 amide bonds. The predicted octanol–water partition coefficient (Wildman–Crippen LogP) is 7.99. The van der Waals surface area contributed by atoms with Crippen molar-refractivity contribution in [3.05, 3.63) is 124 Å². The Labute approximate surface area is 404 Å². The van der Waals surface area contributed by atoms with Crippen molar-refractivity contribution in [2.24, 2.45) is 11.8 Å². The van der Waals surface area contributed by atoms with Crippen molar-refractivity contribution in [1.29, 1.82) is 0 Å². The first kappa shape index (κ1) is 45.9. The molecular weight excluding hydrogens is 901 g/mol. The Morgan fingerprint density at radius 3 is 2.25 bits per heavy atom. The second-order valence-corrected chi connectivity index (χ2v) is 19.3. The average molecular weight is 954 g/mol. The van der Waals surface area contributed by atoms with Gasteiger partial charge in [-0.15, -0.1) is 0 Å². The number of nitrogens with zero attached hydrogens (tertiary/aromatic N) is 5. The number of ether oxygens (including phenoxy) is 1. The van der Waals surface area contributed by atoms with Crippen LogP contribution in [0.3, 0.4) is 0 Å². The summed E-state index contributed by atoms with van der Waals surface area (Å²) in [6.45, 7) is 5.60. The Hall–Kier alpha value is -6.87. The normalized spacial score (nSPS) is 21.6. The zero-order valence-electron chi connectivity index (χ0n) is 38.3. The van der Waals surface area contributed by atoms with Crippen molar-refractivity contribution >= 4 is 75.0 Å². The van der Waals surface area contributed by atoms with Crippen LogP contribution in [-0.4, -0.2) is 102 Å². The highest BCUT2D eigenvalue weighted by Crippen LogP contribution is 2.41. The molecule has 1 aromatic heterocycles. The highest BCUT2D eigenvalue weighted by Gasteiger charge is 2.45. The summed E-state index contributed by atoms with van der Waals surface area (Å²) in [5, 5.41) is 6.63. The van der Waals surface area contributed by atoms with Crippen LogP contribution in [0.5, 0.6) is 5.75 Å². The van der Waals surface area contributed by atoms with Gasteiger partial charge < -0.3 is 24.8 Å². The Morgan fingerprint density at radius 1 is 0.783 bits per heavy atom. The van der Waals surface area contributed by atoms with Gasteiger partial charge >= 0.3 is 0 Å². The maximum absolute atomic E-state index is 14.1. The molecular formula is C53H53ClFN7O7. The molecule has 5 heterocycles. The minimum Gasteiger partial charge on any atom is -0.489 e. The molecule has 10 rings (SSSR count). The van der Waals surface area contributed by atoms with Crippen LogP contribution in [0.15, 0.2) is 91.1 Å². The molecule has 5 aliphatic rings. The molecule has 14 nitrogen and oxygen atoms in total. The highest BCUT2D eigenvalue weighted by atomic mass is 35.5. The van der Waals surface area contributed by atoms with Crippen LogP contribution in [0.4, 0.5) is 21.5 Å². The summed E-state index contributed by atoms with van der Waals surface area (Å²) in [6, 6.07) is 23.8. The smallest absolute Gasteiger partial charge is 0.262 e. The Morgan fingerprint density at radius 2 is 1.51 bits per heavy atom. The minimum atomic E-state index is -1.02. The van der Waals surface area contributed by atoms with E-state index in [4.69, 9.17) is 16.3 Å². The summed E-state index contributed by atoms with van der Waals surface area (Å²) in [4.78, 5) is 89.8. The van der Waals surface area contributed by atoms with Gasteiger partial charge in [0.25, 0.3) is 17.7 Å². The number of hydrogen-bond donors (Lipinski definition) is 2. The second kappa shape index (κ2) is 19.3. The Balaban J connectivity index is 0.691. The van der Waals surface area contributed by atoms with E-state index in [-0.39, 0.29) is 65.5 Å². The molecule has 2 atom stereocenters. The van der Waals surface area contributed by atoms with Crippen LogP contribution >= 0.6 is 11.6 Å². The number of rotatable bonds is 10. The molecule has 3 saturated heterocycles. The van der Waals surface area contributed by atoms with Gasteiger partial charge in [-0.05, 0) is 122 Å². The number of anilines is 3. The lowest BCUT2D eigenvalue weighted by atomic mass is 9.73. The fraction of sp³-hybridized carbons (Fsp3) is 0.377. The first-order valence-electron chi connectivity index (χ1n) is 23.9. The zero-order valence-corrected chi connectivity index (χ0v) is 39.1. The lowest BCUT2D eigenvalue weighted by Gasteiger charge is -2.37. The largest absolute Gasteiger partial charge is 0.489 e. The number of halogens is 2. The number of carbonyl (C=O) groups is 6. The third kappa shape index (κ3) is 9.36. The molecule has 2 N–H and O–H groups in total. The summed E-state index contributed by atoms with van der Waals surface area (Å²) in [5.41, 5.74) is 5.35. The summed E-state index contributed by atoms with van der Waals surface area (Å²) < 4.78 is 20.5. The molecule has 1 saturated carbocycles. The van der Waals surface area contributed by atoms with Crippen LogP contribution in [0.2, 0.25) is 5.02 Å². The number of hydrogen-bond acceptors (Lipinski definition) is 10. The molecule has 0 bridgehead atoms. The summed E-state index contributed by atoms with van der Waals surface area (Å²) in [7, 11) is 0. The van der Waals surface area contributed by atoms with Crippen molar-refractivity contribution in [3.63, 3.8) is 0 Å². The lowest BCUT2D eigenvalue weighted by molar-refractivity contribution is -0.136. The van der Waals surface area contributed by atoms with Crippen molar-refractivity contribution in [2.45, 2.75) is 76.4 Å². The predicted molar refractivity (Wildman–Crippen MR) is 259 cm³/mol. The van der Waals surface area contributed by atoms with E-state index in [1.54, 1.807) is 48.7 Å². The van der Waals surface area contributed by atoms with Crippen molar-refractivity contribution in [2.75, 3.05) is 54.4 Å². The number of benzene rings is 4. The van der Waals surface area contributed by atoms with E-state index >= 15 is 0 Å². The number of nitrogens with one attached hydrogen (secondary N) is 2. The molecule has 5 aromatic rings. The van der Waals surface area contributed by atoms with Crippen LogP contribution in [-0.2, 0) is 14.4 Å². The summed E-state index contributed by atoms with van der Waals surface area (Å²) >= 11 is 6.61. The Bertz CT molecular complexity index is 2870. The van der Waals surface area contributed by atoms with Gasteiger partial charge in [0, 0.05) is 105 Å². The number of amides is 6. The number of likely N-dealkylation sites (tertiary alicyclic amines) is 1. The molecule has 0 spiro atoms. The van der Waals surface area contributed by atoms with Gasteiger partial charge in [0.15, 0.2) is 0 Å². The SMILES string of the molecule is C[C@@H](C(=O)Nc1ccc(Cl)c(OC2CCN(C(=O)c3cccc(N4CCN(c5ccc6c(c5)C(=O)N(C5CCC(=O)NC5=O)C6=O)CC4)c3)CC2)c1)C1CCC(c2ccnc3ccc(F)cc23)CC1. The maximum Gasteiger partial charge on any atom is 0.262 e. The molecule has 4 fully saturated rings. The number of piperazine rings is 1. The first-order valence-corrected chi connectivity index (χ1v) is 24.3. The maximum atomic E-state index is 14.1. The third-order valence-electron chi connectivity index (χ3n) is 14.8. The number of carbonyl (C=O) groups excluding carboxylic acids is 6. The number of fused-ring (bicyclic) bond motifs is 2. The monoisotopic (exact) mass is 953 g/mol. The standard InChI is InChI=1S/C53H53ClFN7O7/c1-31(32-5-7-33(8-6-32)40-17-20-56-45-14-9-35(55)28-42(40)45)49(64)57-36-10-13-44(54)47(29-36)69-39-18-21-61(22-19-39)51(66)34-3-2-4-37(27-34)59-23-25-60(26-24-59)38-11-12-41-43(30-38)53(68)62(52(41)67)46-15-16-48(63)58-50(46)65/h2-4,9-14,17,20,27-33,39,46H,5-8,15-16,18-19,21-26H2,1H3,(H,57,64)(H,58,63,65)/t31-,32?,33?,46?/m1/s1. The topological polar surface area (TPSA) is 162 Å². The van der Waals surface area contributed by atoms with E-state index in [0.717, 1.165) is 58.4 Å². The fourth-order valence-electron chi connectivity index (χ4n) is 10.8. The Kier molecular flexibility index (Phi) is 12.8. The van der Waals surface area contributed by atoms with Crippen molar-refractivity contribution in [1.82, 2.24) is 20.1 Å². The van der Waals surface area contributed by atoms with Crippen LogP contribution in [0.25, 0.3) is 10.9 Å². The van der Waals surface area contributed by atoms with Crippen molar-refractivity contribution < 1.29 is 37.9 Å². The quantitative estimate of drug-likeness (QED) is 0.131. The summed E-state index contributed by atoms with van der Waals surface area (Å²) in [6.07, 6.45) is 6.63. The fourth-order valence-corrected chi connectivity index (χ4v) is 11.0. The van der Waals surface area contributed by atoms with Crippen molar-refractivity contribution in [3.8, 4) is 5.75 Å². The van der Waals surface area contributed by atoms with Crippen LogP contribution < -0.4 is 25.2 Å². The van der Waals surface area contributed by atoms with Gasteiger partial charge in [-0.3, -0.25) is 44.0 Å². The lowest BCUT2D eigenvalue weighted by Crippen LogP contribution is -2.54. The van der Waals surface area contributed by atoms with E-state index in [1.165, 1.54) is 6.07 Å². The molecule has 4 aromatic carbocycles. The number of piperidine rings is 2. The second-order valence-electron chi connectivity index (χ2n) is 18.9. The molecule has 16 heteroatoms. The van der Waals surface area contributed by atoms with Gasteiger partial charge in [-0.2, -0.15) is 0 Å². The van der Waals surface area contributed by atoms with Gasteiger partial charge in [0.1, 0.15) is 23.7 Å². The van der Waals surface area contributed by atoms with E-state index in [0.29, 0.717) is 74.1 Å². The number of aromatic nitrogens is 1. The zero-order chi connectivity index (χ0) is 47.9. The van der Waals surface area contributed by atoms with Crippen LogP contribution in [0.1, 0.15) is 101 Å². The first-order chi connectivity index (χ1) is 33.4. The average Bonchev–Trinajstić information content (AvgIpc) is 3.62. The number of pyridine rings is 1. The van der Waals surface area contributed by atoms with E-state index in [9.17, 15) is 33.2 Å². The highest BCUT2D eigenvalue weighted by molar-refractivity contribution is 6.32. The molecule has 0 radical (unpaired) electrons. The molecule has 356 valence electrons. The molecule has 1 unspecified atom stereocenters. The van der Waals surface area contributed by atoms with Crippen LogP contribution in [0, 0.1) is 17.7 Å². The van der Waals surface area contributed by atoms with Gasteiger partial charge in [0.2, 0.25) is 17.7 Å². The summed E-state index contributed by atoms with van der Waals surface area (Å²) in [5.74, 6) is -1.71. The van der Waals surface area contributed by atoms with Gasteiger partial charge in [-0.1, -0.05) is 24.6 Å². The van der Waals surface area contributed by atoms with E-state index < -0.39 is 29.7 Å².